The lowest BCUT2D eigenvalue weighted by atomic mass is 10.2. The molecule has 0 saturated carbocycles. The number of nitrogens with one attached hydrogen (secondary N) is 2. The standard InChI is InChI=1S/C11H12BrFN4/c1-6-7(5-16-17-6)4-15-11-2-8(12)9(13)3-10(11)14/h2-3,5,15H,4,14H2,1H3,(H,16,17). The van der Waals surface area contributed by atoms with E-state index in [0.29, 0.717) is 22.4 Å². The molecule has 0 unspecified atom stereocenters. The Morgan fingerprint density at radius 3 is 2.94 bits per heavy atom. The second-order valence-electron chi connectivity index (χ2n) is 3.73. The molecule has 90 valence electrons. The van der Waals surface area contributed by atoms with Crippen molar-refractivity contribution in [2.24, 2.45) is 0 Å². The van der Waals surface area contributed by atoms with Gasteiger partial charge < -0.3 is 11.1 Å². The molecule has 0 saturated heterocycles. The van der Waals surface area contributed by atoms with E-state index >= 15 is 0 Å². The number of rotatable bonds is 3. The van der Waals surface area contributed by atoms with E-state index in [2.05, 4.69) is 31.4 Å². The normalized spacial score (nSPS) is 10.5. The summed E-state index contributed by atoms with van der Waals surface area (Å²) in [6.07, 6.45) is 1.75. The third-order valence-corrected chi connectivity index (χ3v) is 3.10. The Hall–Kier alpha value is -1.56. The van der Waals surface area contributed by atoms with Crippen LogP contribution >= 0.6 is 15.9 Å². The minimum absolute atomic E-state index is 0.368. The van der Waals surface area contributed by atoms with Crippen LogP contribution in [-0.2, 0) is 6.54 Å². The largest absolute Gasteiger partial charge is 0.397 e. The van der Waals surface area contributed by atoms with Crippen molar-refractivity contribution in [2.75, 3.05) is 11.1 Å². The van der Waals surface area contributed by atoms with Gasteiger partial charge in [0, 0.05) is 23.9 Å². The molecule has 2 aromatic rings. The maximum atomic E-state index is 13.2. The van der Waals surface area contributed by atoms with Gasteiger partial charge in [0.15, 0.2) is 0 Å². The summed E-state index contributed by atoms with van der Waals surface area (Å²) in [5.74, 6) is -0.368. The Morgan fingerprint density at radius 1 is 1.53 bits per heavy atom. The number of hydrogen-bond donors (Lipinski definition) is 3. The summed E-state index contributed by atoms with van der Waals surface area (Å²) < 4.78 is 13.6. The van der Waals surface area contributed by atoms with Crippen LogP contribution < -0.4 is 11.1 Å². The molecule has 0 aliphatic rings. The zero-order valence-corrected chi connectivity index (χ0v) is 10.8. The second-order valence-corrected chi connectivity index (χ2v) is 4.58. The van der Waals surface area contributed by atoms with Gasteiger partial charge >= 0.3 is 0 Å². The lowest BCUT2D eigenvalue weighted by molar-refractivity contribution is 0.622. The highest BCUT2D eigenvalue weighted by Gasteiger charge is 2.06. The first-order chi connectivity index (χ1) is 8.08. The molecule has 4 N–H and O–H groups in total. The fraction of sp³-hybridized carbons (Fsp3) is 0.182. The van der Waals surface area contributed by atoms with Crippen LogP contribution in [0.1, 0.15) is 11.3 Å². The molecule has 0 radical (unpaired) electrons. The van der Waals surface area contributed by atoms with Gasteiger partial charge in [-0.1, -0.05) is 0 Å². The SMILES string of the molecule is Cc1[nH]ncc1CNc1cc(Br)c(F)cc1N. The predicted octanol–water partition coefficient (Wildman–Crippen LogP) is 2.81. The molecule has 0 amide bonds. The van der Waals surface area contributed by atoms with E-state index in [9.17, 15) is 4.39 Å². The van der Waals surface area contributed by atoms with E-state index < -0.39 is 0 Å². The maximum absolute atomic E-state index is 13.2. The second kappa shape index (κ2) is 4.75. The van der Waals surface area contributed by atoms with Gasteiger partial charge in [-0.2, -0.15) is 5.10 Å². The quantitative estimate of drug-likeness (QED) is 0.763. The van der Waals surface area contributed by atoms with Gasteiger partial charge in [0.25, 0.3) is 0 Å². The molecular formula is C11H12BrFN4. The third-order valence-electron chi connectivity index (χ3n) is 2.50. The number of aromatic amines is 1. The average molecular weight is 299 g/mol. The van der Waals surface area contributed by atoms with Crippen LogP contribution in [-0.4, -0.2) is 10.2 Å². The van der Waals surface area contributed by atoms with Gasteiger partial charge in [-0.05, 0) is 28.9 Å². The number of hydrogen-bond acceptors (Lipinski definition) is 3. The number of nitrogen functional groups attached to an aromatic ring is 1. The fourth-order valence-electron chi connectivity index (χ4n) is 1.46. The van der Waals surface area contributed by atoms with Gasteiger partial charge in [-0.25, -0.2) is 4.39 Å². The number of halogens is 2. The Kier molecular flexibility index (Phi) is 3.33. The fourth-order valence-corrected chi connectivity index (χ4v) is 1.80. The molecule has 17 heavy (non-hydrogen) atoms. The van der Waals surface area contributed by atoms with Gasteiger partial charge in [0.05, 0.1) is 22.0 Å². The van der Waals surface area contributed by atoms with Crippen molar-refractivity contribution < 1.29 is 4.39 Å². The molecule has 6 heteroatoms. The molecule has 0 bridgehead atoms. The first kappa shape index (κ1) is 11.9. The molecule has 1 aromatic heterocycles. The zero-order valence-electron chi connectivity index (χ0n) is 9.22. The van der Waals surface area contributed by atoms with Gasteiger partial charge in [-0.3, -0.25) is 5.10 Å². The maximum Gasteiger partial charge on any atom is 0.139 e. The average Bonchev–Trinajstić information content (AvgIpc) is 2.68. The molecule has 4 nitrogen and oxygen atoms in total. The van der Waals surface area contributed by atoms with Crippen LogP contribution in [0, 0.1) is 12.7 Å². The molecule has 0 spiro atoms. The third kappa shape index (κ3) is 2.58. The van der Waals surface area contributed by atoms with Crippen molar-refractivity contribution in [3.8, 4) is 0 Å². The number of nitrogens with zero attached hydrogens (tertiary/aromatic N) is 1. The van der Waals surface area contributed by atoms with Crippen molar-refractivity contribution in [1.82, 2.24) is 10.2 Å². The van der Waals surface area contributed by atoms with Crippen molar-refractivity contribution in [3.05, 3.63) is 39.9 Å². The highest BCUT2D eigenvalue weighted by atomic mass is 79.9. The van der Waals surface area contributed by atoms with E-state index in [1.165, 1.54) is 6.07 Å². The van der Waals surface area contributed by atoms with Crippen LogP contribution in [0.3, 0.4) is 0 Å². The molecule has 0 atom stereocenters. The summed E-state index contributed by atoms with van der Waals surface area (Å²) in [7, 11) is 0. The molecule has 1 heterocycles. The monoisotopic (exact) mass is 298 g/mol. The molecule has 0 fully saturated rings. The first-order valence-corrected chi connectivity index (χ1v) is 5.84. The summed E-state index contributed by atoms with van der Waals surface area (Å²) in [5, 5.41) is 9.91. The summed E-state index contributed by atoms with van der Waals surface area (Å²) in [4.78, 5) is 0. The number of aromatic nitrogens is 2. The Bertz CT molecular complexity index is 538. The number of nitrogens with two attached hydrogens (primary N) is 1. The lowest BCUT2D eigenvalue weighted by Crippen LogP contribution is -2.03. The minimum atomic E-state index is -0.368. The van der Waals surface area contributed by atoms with Crippen LogP contribution in [0.4, 0.5) is 15.8 Å². The Balaban J connectivity index is 2.14. The summed E-state index contributed by atoms with van der Waals surface area (Å²) in [5.41, 5.74) is 8.84. The molecule has 2 rings (SSSR count). The zero-order chi connectivity index (χ0) is 12.4. The van der Waals surface area contributed by atoms with Crippen molar-refractivity contribution >= 4 is 27.3 Å². The Morgan fingerprint density at radius 2 is 2.29 bits per heavy atom. The Labute approximate surface area is 107 Å². The van der Waals surface area contributed by atoms with Gasteiger partial charge in [0.1, 0.15) is 5.82 Å². The summed E-state index contributed by atoms with van der Waals surface area (Å²) in [6, 6.07) is 2.91. The number of anilines is 2. The molecule has 1 aromatic carbocycles. The van der Waals surface area contributed by atoms with Crippen molar-refractivity contribution in [2.45, 2.75) is 13.5 Å². The van der Waals surface area contributed by atoms with Crippen LogP contribution in [0.25, 0.3) is 0 Å². The molecule has 0 aliphatic heterocycles. The van der Waals surface area contributed by atoms with Crippen LogP contribution in [0.2, 0.25) is 0 Å². The van der Waals surface area contributed by atoms with E-state index in [1.54, 1.807) is 12.3 Å². The first-order valence-electron chi connectivity index (χ1n) is 5.05. The topological polar surface area (TPSA) is 66.7 Å². The predicted molar refractivity (Wildman–Crippen MR) is 69.2 cm³/mol. The van der Waals surface area contributed by atoms with Crippen LogP contribution in [0.15, 0.2) is 22.8 Å². The van der Waals surface area contributed by atoms with E-state index in [-0.39, 0.29) is 5.82 Å². The van der Waals surface area contributed by atoms with Crippen molar-refractivity contribution in [1.29, 1.82) is 0 Å². The number of benzene rings is 1. The molecular weight excluding hydrogens is 287 g/mol. The highest BCUT2D eigenvalue weighted by Crippen LogP contribution is 2.27. The number of H-pyrrole nitrogens is 1. The minimum Gasteiger partial charge on any atom is -0.397 e. The lowest BCUT2D eigenvalue weighted by Gasteiger charge is -2.09. The van der Waals surface area contributed by atoms with Gasteiger partial charge in [0.2, 0.25) is 0 Å². The number of aryl methyl sites for hydroxylation is 1. The summed E-state index contributed by atoms with van der Waals surface area (Å²) >= 11 is 3.12. The van der Waals surface area contributed by atoms with Gasteiger partial charge in [-0.15, -0.1) is 0 Å². The van der Waals surface area contributed by atoms with E-state index in [4.69, 9.17) is 5.73 Å². The smallest absolute Gasteiger partial charge is 0.139 e. The van der Waals surface area contributed by atoms with E-state index in [1.807, 2.05) is 6.92 Å². The molecule has 0 aliphatic carbocycles. The van der Waals surface area contributed by atoms with Crippen molar-refractivity contribution in [3.63, 3.8) is 0 Å². The summed E-state index contributed by atoms with van der Waals surface area (Å²) in [6.45, 7) is 2.53. The van der Waals surface area contributed by atoms with E-state index in [0.717, 1.165) is 11.3 Å². The highest BCUT2D eigenvalue weighted by molar-refractivity contribution is 9.10. The van der Waals surface area contributed by atoms with Crippen LogP contribution in [0.5, 0.6) is 0 Å².